The highest BCUT2D eigenvalue weighted by molar-refractivity contribution is 5.91. The van der Waals surface area contributed by atoms with Crippen LogP contribution >= 0.6 is 0 Å². The molecule has 1 aliphatic rings. The lowest BCUT2D eigenvalue weighted by Gasteiger charge is -2.38. The summed E-state index contributed by atoms with van der Waals surface area (Å²) in [5.41, 5.74) is 2.37. The Morgan fingerprint density at radius 3 is 2.60 bits per heavy atom. The van der Waals surface area contributed by atoms with Gasteiger partial charge in [0.1, 0.15) is 17.4 Å². The summed E-state index contributed by atoms with van der Waals surface area (Å²) in [6, 6.07) is 21.9. The lowest BCUT2D eigenvalue weighted by molar-refractivity contribution is 0.457. The van der Waals surface area contributed by atoms with Crippen molar-refractivity contribution in [2.24, 2.45) is 0 Å². The molecule has 1 aromatic heterocycles. The van der Waals surface area contributed by atoms with Crippen molar-refractivity contribution in [3.05, 3.63) is 84.2 Å². The first-order valence-corrected chi connectivity index (χ1v) is 9.99. The molecular weight excluding hydrogens is 379 g/mol. The summed E-state index contributed by atoms with van der Waals surface area (Å²) in [6.07, 6.45) is 0.900. The fourth-order valence-corrected chi connectivity index (χ4v) is 4.04. The minimum absolute atomic E-state index is 0.103. The molecule has 3 aromatic carbocycles. The fraction of sp³-hybridized carbons (Fsp3) is 0.167. The van der Waals surface area contributed by atoms with Crippen LogP contribution in [0.1, 0.15) is 18.0 Å². The molecule has 6 heteroatoms. The van der Waals surface area contributed by atoms with Gasteiger partial charge in [-0.15, -0.1) is 0 Å². The number of anilines is 1. The van der Waals surface area contributed by atoms with Gasteiger partial charge in [0.2, 0.25) is 0 Å². The predicted octanol–water partition coefficient (Wildman–Crippen LogP) is 4.64. The summed E-state index contributed by atoms with van der Waals surface area (Å²) in [4.78, 5) is 11.6. The Kier molecular flexibility index (Phi) is 4.77. The SMILES string of the molecule is Oc1ccccc1-c1nc(N2CNCCC2c2ccccc2)c2cc(F)ccc2n1. The molecule has 0 radical (unpaired) electrons. The highest BCUT2D eigenvalue weighted by Crippen LogP contribution is 2.36. The number of nitrogens with zero attached hydrogens (tertiary/aromatic N) is 3. The molecule has 0 aliphatic carbocycles. The molecule has 1 unspecified atom stereocenters. The number of phenols is 1. The van der Waals surface area contributed by atoms with Crippen LogP contribution in [0, 0.1) is 5.82 Å². The van der Waals surface area contributed by atoms with Crippen LogP contribution in [0.3, 0.4) is 0 Å². The number of aromatic hydroxyl groups is 1. The molecule has 1 atom stereocenters. The molecule has 1 fully saturated rings. The lowest BCUT2D eigenvalue weighted by Crippen LogP contribution is -2.44. The highest BCUT2D eigenvalue weighted by Gasteiger charge is 2.27. The smallest absolute Gasteiger partial charge is 0.165 e. The van der Waals surface area contributed by atoms with Gasteiger partial charge in [0.25, 0.3) is 0 Å². The van der Waals surface area contributed by atoms with Crippen molar-refractivity contribution in [3.63, 3.8) is 0 Å². The molecule has 5 nitrogen and oxygen atoms in total. The standard InChI is InChI=1S/C24H21FN4O/c25-17-10-11-20-19(14-17)24(28-23(27-20)18-8-4-5-9-22(18)30)29-15-26-13-12-21(29)16-6-2-1-3-7-16/h1-11,14,21,26,30H,12-13,15H2. The minimum atomic E-state index is -0.330. The number of rotatable bonds is 3. The number of para-hydroxylation sites is 1. The van der Waals surface area contributed by atoms with Gasteiger partial charge < -0.3 is 10.0 Å². The zero-order valence-electron chi connectivity index (χ0n) is 16.3. The van der Waals surface area contributed by atoms with Gasteiger partial charge in [-0.1, -0.05) is 42.5 Å². The highest BCUT2D eigenvalue weighted by atomic mass is 19.1. The predicted molar refractivity (Wildman–Crippen MR) is 116 cm³/mol. The van der Waals surface area contributed by atoms with Crippen LogP contribution in [0.25, 0.3) is 22.3 Å². The van der Waals surface area contributed by atoms with E-state index in [2.05, 4.69) is 27.3 Å². The summed E-state index contributed by atoms with van der Waals surface area (Å²) in [5.74, 6) is 0.851. The third-order valence-electron chi connectivity index (χ3n) is 5.49. The van der Waals surface area contributed by atoms with E-state index in [0.29, 0.717) is 34.8 Å². The number of hydrogen-bond acceptors (Lipinski definition) is 5. The number of phenolic OH excluding ortho intramolecular Hbond substituents is 1. The average molecular weight is 400 g/mol. The van der Waals surface area contributed by atoms with Crippen LogP contribution in [0.4, 0.5) is 10.2 Å². The van der Waals surface area contributed by atoms with Crippen LogP contribution in [-0.4, -0.2) is 28.3 Å². The number of aromatic nitrogens is 2. The first kappa shape index (κ1) is 18.5. The van der Waals surface area contributed by atoms with Crippen molar-refractivity contribution in [3.8, 4) is 17.1 Å². The molecule has 1 aliphatic heterocycles. The van der Waals surface area contributed by atoms with Gasteiger partial charge >= 0.3 is 0 Å². The Bertz CT molecular complexity index is 1200. The maximum atomic E-state index is 14.2. The fourth-order valence-electron chi connectivity index (χ4n) is 4.04. The van der Waals surface area contributed by atoms with E-state index >= 15 is 0 Å². The number of hydrogen-bond donors (Lipinski definition) is 2. The van der Waals surface area contributed by atoms with E-state index in [-0.39, 0.29) is 17.6 Å². The van der Waals surface area contributed by atoms with E-state index in [1.54, 1.807) is 24.3 Å². The number of nitrogens with one attached hydrogen (secondary N) is 1. The van der Waals surface area contributed by atoms with E-state index in [1.807, 2.05) is 24.3 Å². The molecule has 5 rings (SSSR count). The zero-order valence-corrected chi connectivity index (χ0v) is 16.3. The van der Waals surface area contributed by atoms with E-state index in [0.717, 1.165) is 13.0 Å². The van der Waals surface area contributed by atoms with Crippen LogP contribution in [-0.2, 0) is 0 Å². The second-order valence-corrected chi connectivity index (χ2v) is 7.39. The molecule has 0 bridgehead atoms. The van der Waals surface area contributed by atoms with E-state index in [1.165, 1.54) is 17.7 Å². The van der Waals surface area contributed by atoms with Crippen molar-refractivity contribution >= 4 is 16.7 Å². The van der Waals surface area contributed by atoms with Crippen molar-refractivity contribution in [1.82, 2.24) is 15.3 Å². The Morgan fingerprint density at radius 2 is 1.77 bits per heavy atom. The molecule has 30 heavy (non-hydrogen) atoms. The van der Waals surface area contributed by atoms with E-state index in [9.17, 15) is 9.50 Å². The summed E-state index contributed by atoms with van der Waals surface area (Å²) < 4.78 is 14.2. The molecule has 150 valence electrons. The monoisotopic (exact) mass is 400 g/mol. The molecule has 4 aromatic rings. The van der Waals surface area contributed by atoms with Gasteiger partial charge in [0.15, 0.2) is 5.82 Å². The van der Waals surface area contributed by atoms with Gasteiger partial charge in [0.05, 0.1) is 23.8 Å². The van der Waals surface area contributed by atoms with Crippen LogP contribution < -0.4 is 10.2 Å². The Labute approximate surface area is 173 Å². The Hall–Kier alpha value is -3.51. The van der Waals surface area contributed by atoms with Gasteiger partial charge in [-0.25, -0.2) is 14.4 Å². The maximum absolute atomic E-state index is 14.2. The van der Waals surface area contributed by atoms with Crippen LogP contribution in [0.5, 0.6) is 5.75 Å². The van der Waals surface area contributed by atoms with Gasteiger partial charge in [-0.3, -0.25) is 5.32 Å². The molecule has 0 amide bonds. The quantitative estimate of drug-likeness (QED) is 0.525. The summed E-state index contributed by atoms with van der Waals surface area (Å²) in [7, 11) is 0. The second kappa shape index (κ2) is 7.72. The summed E-state index contributed by atoms with van der Waals surface area (Å²) >= 11 is 0. The Balaban J connectivity index is 1.72. The molecule has 1 saturated heterocycles. The third-order valence-corrected chi connectivity index (χ3v) is 5.49. The van der Waals surface area contributed by atoms with Crippen molar-refractivity contribution in [2.45, 2.75) is 12.5 Å². The second-order valence-electron chi connectivity index (χ2n) is 7.39. The molecule has 0 saturated carbocycles. The first-order valence-electron chi connectivity index (χ1n) is 9.99. The number of fused-ring (bicyclic) bond motifs is 1. The van der Waals surface area contributed by atoms with Crippen LogP contribution in [0.2, 0.25) is 0 Å². The molecule has 2 N–H and O–H groups in total. The Morgan fingerprint density at radius 1 is 0.967 bits per heavy atom. The van der Waals surface area contributed by atoms with Gasteiger partial charge in [-0.05, 0) is 48.9 Å². The number of benzene rings is 3. The molecular formula is C24H21FN4O. The lowest BCUT2D eigenvalue weighted by atomic mass is 10.00. The topological polar surface area (TPSA) is 61.3 Å². The average Bonchev–Trinajstić information content (AvgIpc) is 2.79. The first-order chi connectivity index (χ1) is 14.7. The van der Waals surface area contributed by atoms with E-state index in [4.69, 9.17) is 4.98 Å². The van der Waals surface area contributed by atoms with Crippen molar-refractivity contribution < 1.29 is 9.50 Å². The van der Waals surface area contributed by atoms with Crippen LogP contribution in [0.15, 0.2) is 72.8 Å². The zero-order chi connectivity index (χ0) is 20.5. The van der Waals surface area contributed by atoms with Crippen molar-refractivity contribution in [2.75, 3.05) is 18.1 Å². The largest absolute Gasteiger partial charge is 0.507 e. The van der Waals surface area contributed by atoms with Gasteiger partial charge in [0, 0.05) is 5.39 Å². The summed E-state index contributed by atoms with van der Waals surface area (Å²) in [5, 5.41) is 14.4. The van der Waals surface area contributed by atoms with Gasteiger partial charge in [-0.2, -0.15) is 0 Å². The maximum Gasteiger partial charge on any atom is 0.165 e. The van der Waals surface area contributed by atoms with Crippen molar-refractivity contribution in [1.29, 1.82) is 0 Å². The minimum Gasteiger partial charge on any atom is -0.507 e. The molecule has 2 heterocycles. The summed E-state index contributed by atoms with van der Waals surface area (Å²) in [6.45, 7) is 1.47. The number of halogens is 1. The third kappa shape index (κ3) is 3.35. The van der Waals surface area contributed by atoms with E-state index < -0.39 is 0 Å². The normalized spacial score (nSPS) is 16.7. The molecule has 0 spiro atoms.